The first-order valence-corrected chi connectivity index (χ1v) is 10.8. The van der Waals surface area contributed by atoms with Crippen LogP contribution in [-0.2, 0) is 0 Å². The molecular weight excluding hydrogens is 405 g/mol. The monoisotopic (exact) mass is 434 g/mol. The number of benzene rings is 1. The van der Waals surface area contributed by atoms with Gasteiger partial charge in [0.05, 0.1) is 6.61 Å². The van der Waals surface area contributed by atoms with E-state index in [1.54, 1.807) is 0 Å². The zero-order chi connectivity index (χ0) is 22.2. The molecule has 164 valence electrons. The van der Waals surface area contributed by atoms with Crippen molar-refractivity contribution in [2.24, 2.45) is 5.41 Å². The van der Waals surface area contributed by atoms with E-state index in [-0.39, 0.29) is 18.1 Å². The summed E-state index contributed by atoms with van der Waals surface area (Å²) in [5.41, 5.74) is 5.34. The van der Waals surface area contributed by atoms with Crippen molar-refractivity contribution in [3.05, 3.63) is 28.8 Å². The molecule has 0 unspecified atom stereocenters. The molecule has 0 aromatic heterocycles. The summed E-state index contributed by atoms with van der Waals surface area (Å²) in [6.07, 6.45) is 2.19. The number of hydrogen-bond acceptors (Lipinski definition) is 2. The third-order valence-electron chi connectivity index (χ3n) is 4.38. The summed E-state index contributed by atoms with van der Waals surface area (Å²) >= 11 is 0. The molecule has 0 bridgehead atoms. The molecular formula is C18H29F6N2OP. The normalized spacial score (nSPS) is 18.6. The summed E-state index contributed by atoms with van der Waals surface area (Å²) in [7, 11) is -10.7. The van der Waals surface area contributed by atoms with Gasteiger partial charge in [-0.1, -0.05) is 38.5 Å². The van der Waals surface area contributed by atoms with Crippen molar-refractivity contribution in [3.63, 3.8) is 0 Å². The van der Waals surface area contributed by atoms with E-state index in [1.807, 2.05) is 0 Å². The van der Waals surface area contributed by atoms with Crippen molar-refractivity contribution < 1.29 is 34.9 Å². The zero-order valence-corrected chi connectivity index (χ0v) is 17.9. The molecule has 28 heavy (non-hydrogen) atoms. The van der Waals surface area contributed by atoms with Gasteiger partial charge in [-0.2, -0.15) is 0 Å². The Morgan fingerprint density at radius 2 is 1.46 bits per heavy atom. The summed E-state index contributed by atoms with van der Waals surface area (Å²) < 4.78 is 61.5. The van der Waals surface area contributed by atoms with E-state index >= 15 is 0 Å². The Labute approximate surface area is 161 Å². The Kier molecular flexibility index (Phi) is 6.32. The molecule has 1 heterocycles. The summed E-state index contributed by atoms with van der Waals surface area (Å²) in [4.78, 5) is 2.33. The van der Waals surface area contributed by atoms with E-state index in [9.17, 15) is 30.3 Å². The van der Waals surface area contributed by atoms with Crippen LogP contribution in [0.4, 0.5) is 30.9 Å². The van der Waals surface area contributed by atoms with Crippen LogP contribution in [0, 0.1) is 26.2 Å². The summed E-state index contributed by atoms with van der Waals surface area (Å²) in [6, 6.07) is 4.65. The Morgan fingerprint density at radius 1 is 1.04 bits per heavy atom. The summed E-state index contributed by atoms with van der Waals surface area (Å²) in [5, 5.41) is 9.74. The van der Waals surface area contributed by atoms with E-state index in [0.29, 0.717) is 0 Å². The molecule has 1 atom stereocenters. The van der Waals surface area contributed by atoms with Crippen LogP contribution in [0.1, 0.15) is 37.5 Å². The number of nitrogens with zero attached hydrogens (tertiary/aromatic N) is 2. The van der Waals surface area contributed by atoms with Crippen LogP contribution in [0.15, 0.2) is 12.1 Å². The second-order valence-electron chi connectivity index (χ2n) is 8.32. The molecule has 0 saturated heterocycles. The maximum absolute atomic E-state index is 10.7. The molecule has 0 radical (unpaired) electrons. The van der Waals surface area contributed by atoms with Gasteiger partial charge in [-0.25, -0.2) is 4.90 Å². The molecule has 0 saturated carbocycles. The summed E-state index contributed by atoms with van der Waals surface area (Å²) in [5.74, 6) is 0. The SMILES string of the molecule is Cc1cc(C)c(N2C=[N+]([C@H](CO)C(C)(C)C)CC2)c(C)c1.F[P-](F)(F)(F)(F)F. The Morgan fingerprint density at radius 3 is 1.82 bits per heavy atom. The van der Waals surface area contributed by atoms with E-state index in [1.165, 1.54) is 22.4 Å². The number of halogens is 6. The van der Waals surface area contributed by atoms with Gasteiger partial charge in [-0.05, 0) is 31.9 Å². The van der Waals surface area contributed by atoms with E-state index in [4.69, 9.17) is 0 Å². The molecule has 2 rings (SSSR count). The number of aliphatic hydroxyl groups excluding tert-OH is 1. The topological polar surface area (TPSA) is 26.5 Å². The standard InChI is InChI=1S/C18H29N2O.F6P/c1-13-9-14(2)17(15(3)10-13)20-8-7-19(12-20)16(11-21)18(4,5)6;1-7(2,3,4,5)6/h9-10,12,16,21H,7-8,11H2,1-6H3;/q+1;-1/t16-;/m1./s1. The first kappa shape index (κ1) is 24.7. The molecule has 0 fully saturated rings. The van der Waals surface area contributed by atoms with Crippen LogP contribution < -0.4 is 4.90 Å². The number of rotatable bonds is 3. The molecule has 3 nitrogen and oxygen atoms in total. The van der Waals surface area contributed by atoms with Crippen LogP contribution in [-0.4, -0.2) is 41.8 Å². The predicted molar refractivity (Wildman–Crippen MR) is 103 cm³/mol. The molecule has 1 aromatic carbocycles. The second-order valence-corrected chi connectivity index (χ2v) is 10.2. The molecule has 1 aromatic rings. The second kappa shape index (κ2) is 7.17. The Bertz CT molecular complexity index is 719. The van der Waals surface area contributed by atoms with E-state index < -0.39 is 7.81 Å². The van der Waals surface area contributed by atoms with Crippen molar-refractivity contribution >= 4 is 19.8 Å². The van der Waals surface area contributed by atoms with E-state index in [0.717, 1.165) is 13.1 Å². The Balaban J connectivity index is 0.000000480. The van der Waals surface area contributed by atoms with Gasteiger partial charge in [0.2, 0.25) is 6.34 Å². The quantitative estimate of drug-likeness (QED) is 0.345. The number of anilines is 1. The molecule has 0 spiro atoms. The predicted octanol–water partition coefficient (Wildman–Crippen LogP) is 6.26. The molecule has 10 heteroatoms. The van der Waals surface area contributed by atoms with Gasteiger partial charge in [0.1, 0.15) is 24.8 Å². The fourth-order valence-corrected chi connectivity index (χ4v) is 3.43. The maximum atomic E-state index is 9.87. The third-order valence-corrected chi connectivity index (χ3v) is 4.38. The first-order valence-electron chi connectivity index (χ1n) is 8.81. The van der Waals surface area contributed by atoms with Gasteiger partial charge in [-0.3, -0.25) is 4.58 Å². The molecule has 1 aliphatic heterocycles. The van der Waals surface area contributed by atoms with Crippen LogP contribution in [0.25, 0.3) is 0 Å². The number of aryl methyl sites for hydroxylation is 3. The average molecular weight is 434 g/mol. The van der Waals surface area contributed by atoms with Gasteiger partial charge in [0.15, 0.2) is 0 Å². The van der Waals surface area contributed by atoms with Crippen LogP contribution >= 0.6 is 7.81 Å². The van der Waals surface area contributed by atoms with Gasteiger partial charge in [-0.15, -0.1) is 0 Å². The average Bonchev–Trinajstić information content (AvgIpc) is 2.81. The molecule has 0 amide bonds. The van der Waals surface area contributed by atoms with Crippen molar-refractivity contribution in [3.8, 4) is 0 Å². The minimum atomic E-state index is -10.7. The Hall–Kier alpha value is -1.34. The van der Waals surface area contributed by atoms with Crippen molar-refractivity contribution in [1.82, 2.24) is 0 Å². The van der Waals surface area contributed by atoms with Gasteiger partial charge < -0.3 is 5.11 Å². The molecule has 1 aliphatic rings. The number of hydrogen-bond donors (Lipinski definition) is 1. The van der Waals surface area contributed by atoms with Crippen molar-refractivity contribution in [2.45, 2.75) is 47.6 Å². The van der Waals surface area contributed by atoms with Gasteiger partial charge in [0, 0.05) is 5.41 Å². The first-order chi connectivity index (χ1) is 12.2. The van der Waals surface area contributed by atoms with E-state index in [2.05, 4.69) is 69.5 Å². The van der Waals surface area contributed by atoms with Crippen LogP contribution in [0.2, 0.25) is 0 Å². The molecule has 1 N–H and O–H groups in total. The number of aliphatic hydroxyl groups is 1. The third kappa shape index (κ3) is 8.78. The van der Waals surface area contributed by atoms with Crippen molar-refractivity contribution in [1.29, 1.82) is 0 Å². The molecule has 0 aliphatic carbocycles. The van der Waals surface area contributed by atoms with Gasteiger partial charge in [0.25, 0.3) is 0 Å². The minimum absolute atomic E-state index is 0.0681. The van der Waals surface area contributed by atoms with Crippen LogP contribution in [0.5, 0.6) is 0 Å². The fourth-order valence-electron chi connectivity index (χ4n) is 3.43. The fraction of sp³-hybridized carbons (Fsp3) is 0.611. The van der Waals surface area contributed by atoms with Crippen LogP contribution in [0.3, 0.4) is 0 Å². The summed E-state index contributed by atoms with van der Waals surface area (Å²) in [6.45, 7) is 15.2. The van der Waals surface area contributed by atoms with Gasteiger partial charge >= 0.3 is 33.0 Å². The zero-order valence-electron chi connectivity index (χ0n) is 17.0. The van der Waals surface area contributed by atoms with Crippen molar-refractivity contribution in [2.75, 3.05) is 24.6 Å².